The number of nitrogens with zero attached hydrogens (tertiary/aromatic N) is 2. The summed E-state index contributed by atoms with van der Waals surface area (Å²) in [7, 11) is 0. The monoisotopic (exact) mass is 430 g/mol. The zero-order valence-corrected chi connectivity index (χ0v) is 16.3. The highest BCUT2D eigenvalue weighted by Crippen LogP contribution is 2.39. The zero-order chi connectivity index (χ0) is 19.9. The van der Waals surface area contributed by atoms with Crippen molar-refractivity contribution in [1.82, 2.24) is 15.3 Å². The Bertz CT molecular complexity index is 893. The molecule has 1 saturated carbocycles. The molecular weight excluding hydrogens is 413 g/mol. The summed E-state index contributed by atoms with van der Waals surface area (Å²) < 4.78 is 38.7. The number of hydrogen-bond donors (Lipinski definition) is 2. The number of alkyl halides is 3. The number of pyridine rings is 1. The van der Waals surface area contributed by atoms with Crippen LogP contribution in [0.1, 0.15) is 43.5 Å². The van der Waals surface area contributed by atoms with E-state index in [0.717, 1.165) is 32.1 Å². The molecule has 0 aromatic carbocycles. The Kier molecular flexibility index (Phi) is 4.99. The van der Waals surface area contributed by atoms with Gasteiger partial charge in [0.05, 0.1) is 5.69 Å². The van der Waals surface area contributed by atoms with Crippen molar-refractivity contribution in [3.8, 4) is 11.3 Å². The largest absolute Gasteiger partial charge is 0.443 e. The molecule has 2 aromatic heterocycles. The van der Waals surface area contributed by atoms with E-state index in [1.165, 1.54) is 11.6 Å². The van der Waals surface area contributed by atoms with E-state index < -0.39 is 11.2 Å². The molecule has 3 heterocycles. The molecule has 2 N–H and O–H groups in total. The molecule has 0 radical (unpaired) electrons. The molecule has 1 spiro atoms. The van der Waals surface area contributed by atoms with Gasteiger partial charge in [0.1, 0.15) is 5.15 Å². The summed E-state index contributed by atoms with van der Waals surface area (Å²) in [4.78, 5) is 19.3. The number of amides is 1. The SMILES string of the molecule is O=C1CCC2(CCC(Nc3cc(Cl)ncc3-c3csc(C(F)(F)F)n3)CC2)N1. The first-order valence-corrected chi connectivity index (χ1v) is 10.3. The van der Waals surface area contributed by atoms with Crippen LogP contribution in [0, 0.1) is 0 Å². The molecule has 0 bridgehead atoms. The second-order valence-corrected chi connectivity index (χ2v) is 8.58. The van der Waals surface area contributed by atoms with Gasteiger partial charge in [0, 0.05) is 40.8 Å². The van der Waals surface area contributed by atoms with E-state index >= 15 is 0 Å². The lowest BCUT2D eigenvalue weighted by atomic mass is 9.78. The van der Waals surface area contributed by atoms with Crippen LogP contribution < -0.4 is 10.6 Å². The summed E-state index contributed by atoms with van der Waals surface area (Å²) in [6.07, 6.45) is 1.87. The van der Waals surface area contributed by atoms with Gasteiger partial charge in [-0.1, -0.05) is 11.6 Å². The van der Waals surface area contributed by atoms with Crippen molar-refractivity contribution < 1.29 is 18.0 Å². The number of carbonyl (C=O) groups excluding carboxylic acids is 1. The minimum atomic E-state index is -4.47. The summed E-state index contributed by atoms with van der Waals surface area (Å²) in [5, 5.41) is 7.25. The molecule has 10 heteroatoms. The molecule has 1 saturated heterocycles. The first-order chi connectivity index (χ1) is 13.2. The number of anilines is 1. The molecule has 1 aliphatic heterocycles. The fraction of sp³-hybridized carbons (Fsp3) is 0.500. The van der Waals surface area contributed by atoms with Crippen LogP contribution in [0.25, 0.3) is 11.3 Å². The lowest BCUT2D eigenvalue weighted by molar-refractivity contribution is -0.137. The smallest absolute Gasteiger partial charge is 0.382 e. The van der Waals surface area contributed by atoms with Crippen LogP contribution >= 0.6 is 22.9 Å². The van der Waals surface area contributed by atoms with Crippen LogP contribution in [0.15, 0.2) is 17.6 Å². The van der Waals surface area contributed by atoms with Gasteiger partial charge in [-0.05, 0) is 38.2 Å². The average molecular weight is 431 g/mol. The Morgan fingerprint density at radius 2 is 2.04 bits per heavy atom. The van der Waals surface area contributed by atoms with Crippen LogP contribution in [0.2, 0.25) is 5.15 Å². The normalized spacial score (nSPS) is 25.1. The van der Waals surface area contributed by atoms with E-state index in [1.807, 2.05) is 0 Å². The van der Waals surface area contributed by atoms with E-state index in [1.54, 1.807) is 6.07 Å². The van der Waals surface area contributed by atoms with Crippen molar-refractivity contribution in [3.05, 3.63) is 27.8 Å². The predicted octanol–water partition coefficient (Wildman–Crippen LogP) is 4.88. The molecule has 4 rings (SSSR count). The number of thiazole rings is 1. The Morgan fingerprint density at radius 1 is 1.29 bits per heavy atom. The van der Waals surface area contributed by atoms with Gasteiger partial charge >= 0.3 is 6.18 Å². The fourth-order valence-corrected chi connectivity index (χ4v) is 4.81. The first kappa shape index (κ1) is 19.4. The van der Waals surface area contributed by atoms with E-state index in [-0.39, 0.29) is 28.3 Å². The summed E-state index contributed by atoms with van der Waals surface area (Å²) in [5.74, 6) is 0.110. The third kappa shape index (κ3) is 3.96. The standard InChI is InChI=1S/C18H18ClF3N4OS/c19-14-7-12(11(8-23-14)13-9-28-16(25-13)18(20,21)22)24-10-1-4-17(5-2-10)6-3-15(27)26-17/h7-10H,1-6H2,(H,23,24)(H,26,27). The second-order valence-electron chi connectivity index (χ2n) is 7.34. The van der Waals surface area contributed by atoms with Crippen LogP contribution in [-0.2, 0) is 11.0 Å². The molecule has 1 aliphatic carbocycles. The average Bonchev–Trinajstić information content (AvgIpc) is 3.25. The first-order valence-electron chi connectivity index (χ1n) is 9.00. The number of carbonyl (C=O) groups is 1. The Morgan fingerprint density at radius 3 is 2.64 bits per heavy atom. The topological polar surface area (TPSA) is 66.9 Å². The summed E-state index contributed by atoms with van der Waals surface area (Å²) in [6, 6.07) is 1.76. The van der Waals surface area contributed by atoms with Crippen molar-refractivity contribution in [3.63, 3.8) is 0 Å². The van der Waals surface area contributed by atoms with Gasteiger partial charge in [-0.25, -0.2) is 9.97 Å². The fourth-order valence-electron chi connectivity index (χ4n) is 3.96. The van der Waals surface area contributed by atoms with Gasteiger partial charge in [0.15, 0.2) is 5.01 Å². The van der Waals surface area contributed by atoms with Gasteiger partial charge in [-0.15, -0.1) is 11.3 Å². The highest BCUT2D eigenvalue weighted by molar-refractivity contribution is 7.10. The van der Waals surface area contributed by atoms with E-state index in [0.29, 0.717) is 29.0 Å². The maximum atomic E-state index is 12.9. The molecule has 0 atom stereocenters. The molecule has 0 unspecified atom stereocenters. The number of aromatic nitrogens is 2. The maximum Gasteiger partial charge on any atom is 0.443 e. The van der Waals surface area contributed by atoms with Gasteiger partial charge in [-0.3, -0.25) is 4.79 Å². The second kappa shape index (κ2) is 7.18. The number of halogens is 4. The molecule has 5 nitrogen and oxygen atoms in total. The Labute approximate surface area is 168 Å². The van der Waals surface area contributed by atoms with Gasteiger partial charge in [0.25, 0.3) is 0 Å². The van der Waals surface area contributed by atoms with Gasteiger partial charge in [0.2, 0.25) is 5.91 Å². The molecule has 2 fully saturated rings. The number of hydrogen-bond acceptors (Lipinski definition) is 5. The molecule has 1 amide bonds. The van der Waals surface area contributed by atoms with Crippen LogP contribution in [0.3, 0.4) is 0 Å². The number of rotatable bonds is 3. The molecule has 150 valence electrons. The summed E-state index contributed by atoms with van der Waals surface area (Å²) in [6.45, 7) is 0. The molecular formula is C18H18ClF3N4OS. The van der Waals surface area contributed by atoms with Crippen molar-refractivity contribution in [2.75, 3.05) is 5.32 Å². The zero-order valence-electron chi connectivity index (χ0n) is 14.8. The minimum absolute atomic E-state index is 0.0928. The van der Waals surface area contributed by atoms with E-state index in [9.17, 15) is 18.0 Å². The molecule has 2 aromatic rings. The van der Waals surface area contributed by atoms with E-state index in [2.05, 4.69) is 20.6 Å². The number of nitrogens with one attached hydrogen (secondary N) is 2. The minimum Gasteiger partial charge on any atom is -0.382 e. The van der Waals surface area contributed by atoms with Gasteiger partial charge in [-0.2, -0.15) is 13.2 Å². The lowest BCUT2D eigenvalue weighted by Crippen LogP contribution is -2.46. The maximum absolute atomic E-state index is 12.9. The van der Waals surface area contributed by atoms with Crippen LogP contribution in [-0.4, -0.2) is 27.5 Å². The Balaban J connectivity index is 1.52. The molecule has 2 aliphatic rings. The van der Waals surface area contributed by atoms with Crippen molar-refractivity contribution >= 4 is 34.5 Å². The third-order valence-corrected chi connectivity index (χ3v) is 6.52. The summed E-state index contributed by atoms with van der Waals surface area (Å²) in [5.41, 5.74) is 1.24. The quantitative estimate of drug-likeness (QED) is 0.681. The highest BCUT2D eigenvalue weighted by Gasteiger charge is 2.40. The van der Waals surface area contributed by atoms with Crippen LogP contribution in [0.4, 0.5) is 18.9 Å². The lowest BCUT2D eigenvalue weighted by Gasteiger charge is -2.37. The van der Waals surface area contributed by atoms with Crippen molar-refractivity contribution in [1.29, 1.82) is 0 Å². The van der Waals surface area contributed by atoms with Crippen molar-refractivity contribution in [2.24, 2.45) is 0 Å². The molecule has 28 heavy (non-hydrogen) atoms. The summed E-state index contributed by atoms with van der Waals surface area (Å²) >= 11 is 6.58. The van der Waals surface area contributed by atoms with Crippen molar-refractivity contribution in [2.45, 2.75) is 56.3 Å². The Hall–Kier alpha value is -1.87. The predicted molar refractivity (Wildman–Crippen MR) is 101 cm³/mol. The van der Waals surface area contributed by atoms with E-state index in [4.69, 9.17) is 11.6 Å². The highest BCUT2D eigenvalue weighted by atomic mass is 35.5. The third-order valence-electron chi connectivity index (χ3n) is 5.43. The van der Waals surface area contributed by atoms with Gasteiger partial charge < -0.3 is 10.6 Å². The van der Waals surface area contributed by atoms with Crippen LogP contribution in [0.5, 0.6) is 0 Å².